The van der Waals surface area contributed by atoms with Gasteiger partial charge in [-0.3, -0.25) is 0 Å². The third-order valence-electron chi connectivity index (χ3n) is 1.95. The second-order valence-corrected chi connectivity index (χ2v) is 2.93. The number of hydrogen-bond donors (Lipinski definition) is 0. The second-order valence-electron chi connectivity index (χ2n) is 2.93. The van der Waals surface area contributed by atoms with Crippen molar-refractivity contribution in [2.24, 2.45) is 0 Å². The van der Waals surface area contributed by atoms with Gasteiger partial charge in [0.25, 0.3) is 0 Å². The van der Waals surface area contributed by atoms with Crippen LogP contribution in [-0.4, -0.2) is 20.2 Å². The van der Waals surface area contributed by atoms with E-state index in [1.807, 2.05) is 0 Å². The molecule has 4 heteroatoms. The molecule has 0 bridgehead atoms. The molecule has 0 fully saturated rings. The molecule has 0 saturated heterocycles. The van der Waals surface area contributed by atoms with Crippen LogP contribution in [-0.2, 0) is 9.53 Å². The van der Waals surface area contributed by atoms with Gasteiger partial charge in [0.1, 0.15) is 17.4 Å². The van der Waals surface area contributed by atoms with Gasteiger partial charge in [-0.1, -0.05) is 12.1 Å². The predicted molar refractivity (Wildman–Crippen MR) is 58.6 cm³/mol. The molecule has 0 amide bonds. The number of ether oxygens (including phenoxy) is 2. The normalized spacial score (nSPS) is 10.4. The van der Waals surface area contributed by atoms with Crippen molar-refractivity contribution in [3.05, 3.63) is 35.4 Å². The SMILES string of the molecule is COC(=O)/C(C#N)=C\c1ccc(OC)cc1. The van der Waals surface area contributed by atoms with Gasteiger partial charge in [-0.2, -0.15) is 5.26 Å². The van der Waals surface area contributed by atoms with Gasteiger partial charge in [0.05, 0.1) is 14.2 Å². The minimum atomic E-state index is -0.640. The Balaban J connectivity index is 2.96. The quantitative estimate of drug-likeness (QED) is 0.440. The first kappa shape index (κ1) is 11.8. The molecular formula is C12H11NO3. The fraction of sp³-hybridized carbons (Fsp3) is 0.167. The van der Waals surface area contributed by atoms with Crippen molar-refractivity contribution in [3.8, 4) is 11.8 Å². The van der Waals surface area contributed by atoms with Gasteiger partial charge >= 0.3 is 5.97 Å². The van der Waals surface area contributed by atoms with E-state index in [4.69, 9.17) is 10.00 Å². The average molecular weight is 217 g/mol. The van der Waals surface area contributed by atoms with Crippen LogP contribution < -0.4 is 4.74 Å². The first-order valence-electron chi connectivity index (χ1n) is 4.55. The Bertz CT molecular complexity index is 440. The van der Waals surface area contributed by atoms with Crippen LogP contribution in [0.2, 0.25) is 0 Å². The van der Waals surface area contributed by atoms with Gasteiger partial charge in [-0.25, -0.2) is 4.79 Å². The van der Waals surface area contributed by atoms with E-state index < -0.39 is 5.97 Å². The molecule has 0 atom stereocenters. The Morgan fingerprint density at radius 3 is 2.38 bits per heavy atom. The highest BCUT2D eigenvalue weighted by Crippen LogP contribution is 2.14. The van der Waals surface area contributed by atoms with Crippen LogP contribution in [0, 0.1) is 11.3 Å². The Morgan fingerprint density at radius 2 is 1.94 bits per heavy atom. The van der Waals surface area contributed by atoms with Gasteiger partial charge in [-0.15, -0.1) is 0 Å². The zero-order valence-electron chi connectivity index (χ0n) is 9.06. The maximum absolute atomic E-state index is 11.1. The summed E-state index contributed by atoms with van der Waals surface area (Å²) in [6, 6.07) is 8.78. The first-order chi connectivity index (χ1) is 7.71. The van der Waals surface area contributed by atoms with Crippen molar-refractivity contribution in [2.45, 2.75) is 0 Å². The highest BCUT2D eigenvalue weighted by Gasteiger charge is 2.07. The molecule has 0 heterocycles. The van der Waals surface area contributed by atoms with Crippen LogP contribution in [0.4, 0.5) is 0 Å². The summed E-state index contributed by atoms with van der Waals surface area (Å²) < 4.78 is 9.46. The topological polar surface area (TPSA) is 59.3 Å². The van der Waals surface area contributed by atoms with Crippen LogP contribution in [0.15, 0.2) is 29.8 Å². The number of esters is 1. The highest BCUT2D eigenvalue weighted by atomic mass is 16.5. The summed E-state index contributed by atoms with van der Waals surface area (Å²) in [7, 11) is 2.81. The Labute approximate surface area is 93.7 Å². The van der Waals surface area contributed by atoms with Crippen molar-refractivity contribution in [3.63, 3.8) is 0 Å². The standard InChI is InChI=1S/C12H11NO3/c1-15-11-5-3-9(4-6-11)7-10(8-13)12(14)16-2/h3-7H,1-2H3/b10-7-. The van der Waals surface area contributed by atoms with Gasteiger partial charge in [0.2, 0.25) is 0 Å². The van der Waals surface area contributed by atoms with E-state index in [1.165, 1.54) is 13.2 Å². The maximum atomic E-state index is 11.1. The van der Waals surface area contributed by atoms with Crippen LogP contribution in [0.25, 0.3) is 6.08 Å². The van der Waals surface area contributed by atoms with Gasteiger partial charge < -0.3 is 9.47 Å². The fourth-order valence-electron chi connectivity index (χ4n) is 1.11. The third-order valence-corrected chi connectivity index (χ3v) is 1.95. The molecule has 0 N–H and O–H groups in total. The van der Waals surface area contributed by atoms with Crippen LogP contribution in [0.5, 0.6) is 5.75 Å². The largest absolute Gasteiger partial charge is 0.497 e. The van der Waals surface area contributed by atoms with E-state index in [-0.39, 0.29) is 5.57 Å². The molecule has 1 aromatic carbocycles. The summed E-state index contributed by atoms with van der Waals surface area (Å²) in [5, 5.41) is 8.75. The summed E-state index contributed by atoms with van der Waals surface area (Å²) in [5.41, 5.74) is 0.704. The highest BCUT2D eigenvalue weighted by molar-refractivity contribution is 5.97. The smallest absolute Gasteiger partial charge is 0.348 e. The number of methoxy groups -OCH3 is 2. The van der Waals surface area contributed by atoms with Gasteiger partial charge in [0, 0.05) is 0 Å². The van der Waals surface area contributed by atoms with Crippen molar-refractivity contribution in [1.29, 1.82) is 5.26 Å². The molecule has 1 rings (SSSR count). The molecule has 0 aromatic heterocycles. The van der Waals surface area contributed by atoms with Crippen molar-refractivity contribution in [2.75, 3.05) is 14.2 Å². The van der Waals surface area contributed by atoms with E-state index >= 15 is 0 Å². The molecule has 0 aliphatic carbocycles. The van der Waals surface area contributed by atoms with E-state index in [1.54, 1.807) is 37.4 Å². The lowest BCUT2D eigenvalue weighted by atomic mass is 10.1. The number of carbonyl (C=O) groups excluding carboxylic acids is 1. The summed E-state index contributed by atoms with van der Waals surface area (Å²) in [5.74, 6) is 0.0760. The minimum Gasteiger partial charge on any atom is -0.497 e. The predicted octanol–water partition coefficient (Wildman–Crippen LogP) is 1.78. The molecule has 82 valence electrons. The Morgan fingerprint density at radius 1 is 1.31 bits per heavy atom. The van der Waals surface area contributed by atoms with E-state index in [9.17, 15) is 4.79 Å². The molecule has 0 unspecified atom stereocenters. The number of nitrogens with zero attached hydrogens (tertiary/aromatic N) is 1. The molecule has 0 spiro atoms. The third kappa shape index (κ3) is 2.85. The Kier molecular flexibility index (Phi) is 4.10. The average Bonchev–Trinajstić information content (AvgIpc) is 2.35. The number of benzene rings is 1. The van der Waals surface area contributed by atoms with E-state index in [0.717, 1.165) is 5.56 Å². The monoisotopic (exact) mass is 217 g/mol. The maximum Gasteiger partial charge on any atom is 0.348 e. The molecule has 0 aliphatic rings. The number of carbonyl (C=O) groups is 1. The number of hydrogen-bond acceptors (Lipinski definition) is 4. The fourth-order valence-corrected chi connectivity index (χ4v) is 1.11. The zero-order chi connectivity index (χ0) is 12.0. The second kappa shape index (κ2) is 5.56. The van der Waals surface area contributed by atoms with Crippen LogP contribution in [0.1, 0.15) is 5.56 Å². The molecule has 16 heavy (non-hydrogen) atoms. The molecule has 0 saturated carbocycles. The Hall–Kier alpha value is -2.28. The summed E-state index contributed by atoms with van der Waals surface area (Å²) in [6.45, 7) is 0. The van der Waals surface area contributed by atoms with Crippen molar-refractivity contribution in [1.82, 2.24) is 0 Å². The molecule has 0 radical (unpaired) electrons. The summed E-state index contributed by atoms with van der Waals surface area (Å²) >= 11 is 0. The molecule has 1 aromatic rings. The van der Waals surface area contributed by atoms with Gasteiger partial charge in [-0.05, 0) is 23.8 Å². The zero-order valence-corrected chi connectivity index (χ0v) is 9.06. The minimum absolute atomic E-state index is 0.0346. The first-order valence-corrected chi connectivity index (χ1v) is 4.55. The lowest BCUT2D eigenvalue weighted by Gasteiger charge is -2.00. The van der Waals surface area contributed by atoms with Crippen LogP contribution >= 0.6 is 0 Å². The van der Waals surface area contributed by atoms with E-state index in [0.29, 0.717) is 5.75 Å². The van der Waals surface area contributed by atoms with Crippen molar-refractivity contribution >= 4 is 12.0 Å². The molecular weight excluding hydrogens is 206 g/mol. The van der Waals surface area contributed by atoms with Crippen LogP contribution in [0.3, 0.4) is 0 Å². The lowest BCUT2D eigenvalue weighted by molar-refractivity contribution is -0.135. The van der Waals surface area contributed by atoms with Crippen molar-refractivity contribution < 1.29 is 14.3 Å². The van der Waals surface area contributed by atoms with Gasteiger partial charge in [0.15, 0.2) is 0 Å². The molecule has 4 nitrogen and oxygen atoms in total. The summed E-state index contributed by atoms with van der Waals surface area (Å²) in [6.07, 6.45) is 1.46. The summed E-state index contributed by atoms with van der Waals surface area (Å²) in [4.78, 5) is 11.1. The lowest BCUT2D eigenvalue weighted by Crippen LogP contribution is -2.02. The number of rotatable bonds is 3. The molecule has 0 aliphatic heterocycles. The van der Waals surface area contributed by atoms with E-state index in [2.05, 4.69) is 4.74 Å². The number of nitriles is 1.